The Morgan fingerprint density at radius 2 is 0.991 bits per heavy atom. The van der Waals surface area contributed by atoms with E-state index in [1.165, 1.54) is 6.92 Å². The molecule has 1 heterocycles. The van der Waals surface area contributed by atoms with Crippen molar-refractivity contribution in [1.82, 2.24) is 42.5 Å². The lowest BCUT2D eigenvalue weighted by molar-refractivity contribution is -0.137. The van der Waals surface area contributed by atoms with Gasteiger partial charge in [-0.15, -0.1) is 0 Å². The Kier molecular flexibility index (Phi) is 30.1. The number of ether oxygens (including phenoxy) is 1. The minimum atomic E-state index is -1.69. The van der Waals surface area contributed by atoms with Crippen molar-refractivity contribution in [1.29, 1.82) is 0 Å². The van der Waals surface area contributed by atoms with Crippen LogP contribution in [0, 0.1) is 17.8 Å². The lowest BCUT2D eigenvalue weighted by atomic mass is 9.76. The highest BCUT2D eigenvalue weighted by Gasteiger charge is 2.43. The fraction of sp³-hybridized carbons (Fsp3) is 0.379. The average Bonchev–Trinajstić information content (AvgIpc) is 0.760. The number of carbonyl (C=O) groups is 12. The maximum absolute atomic E-state index is 16.0. The molecule has 0 unspecified atom stereocenters. The number of rotatable bonds is 29. The van der Waals surface area contributed by atoms with Gasteiger partial charge < -0.3 is 52.1 Å². The van der Waals surface area contributed by atoms with Gasteiger partial charge >= 0.3 is 0 Å². The van der Waals surface area contributed by atoms with E-state index in [4.69, 9.17) is 4.74 Å². The molecule has 0 spiro atoms. The summed E-state index contributed by atoms with van der Waals surface area (Å²) in [6.07, 6.45) is -4.08. The third-order valence-electron chi connectivity index (χ3n) is 19.3. The molecule has 8 N–H and O–H groups in total. The van der Waals surface area contributed by atoms with E-state index in [0.717, 1.165) is 0 Å². The molecule has 1 fully saturated rings. The molecule has 8 rings (SSSR count). The van der Waals surface area contributed by atoms with Crippen LogP contribution < -0.4 is 47.3 Å². The molecule has 1 aliphatic rings. The van der Waals surface area contributed by atoms with E-state index in [9.17, 15) is 33.6 Å². The summed E-state index contributed by atoms with van der Waals surface area (Å²) in [6, 6.07) is 55.4. The molecule has 0 aliphatic carbocycles. The van der Waals surface area contributed by atoms with Crippen LogP contribution in [0.15, 0.2) is 206 Å². The lowest BCUT2D eigenvalue weighted by Crippen LogP contribution is -2.58. The van der Waals surface area contributed by atoms with Crippen molar-refractivity contribution >= 4 is 70.4 Å². The third kappa shape index (κ3) is 23.4. The molecule has 1 aliphatic heterocycles. The van der Waals surface area contributed by atoms with Crippen LogP contribution in [0.25, 0.3) is 0 Å². The van der Waals surface area contributed by atoms with Crippen LogP contribution in [0.2, 0.25) is 0 Å². The highest BCUT2D eigenvalue weighted by molar-refractivity contribution is 6.00. The molecule has 0 aromatic heterocycles. The number of Topliss-reactive ketones (excluding diaryl/α,β-unsaturated/α-hetero) is 4. The lowest BCUT2D eigenvalue weighted by Gasteiger charge is -2.37. The van der Waals surface area contributed by atoms with E-state index in [0.29, 0.717) is 51.1 Å². The molecule has 568 valence electrons. The zero-order valence-corrected chi connectivity index (χ0v) is 63.0. The number of nitrogens with one attached hydrogen (secondary N) is 8. The Hall–Kier alpha value is -11.2. The normalized spacial score (nSPS) is 17.9. The Morgan fingerprint density at radius 1 is 0.509 bits per heavy atom. The smallest absolute Gasteiger partial charge is 0.243 e. The van der Waals surface area contributed by atoms with Gasteiger partial charge in [-0.3, -0.25) is 52.7 Å². The van der Waals surface area contributed by atoms with Crippen LogP contribution in [0.1, 0.15) is 171 Å². The number of benzene rings is 7. The van der Waals surface area contributed by atoms with Gasteiger partial charge in [0.25, 0.3) is 0 Å². The van der Waals surface area contributed by atoms with Gasteiger partial charge in [0.1, 0.15) is 40.3 Å². The van der Waals surface area contributed by atoms with E-state index < -0.39 is 175 Å². The number of hydrogen-bond acceptors (Lipinski definition) is 13. The van der Waals surface area contributed by atoms with Crippen LogP contribution in [-0.4, -0.2) is 113 Å². The van der Waals surface area contributed by atoms with E-state index in [1.807, 2.05) is 217 Å². The highest BCUT2D eigenvalue weighted by Crippen LogP contribution is 2.39. The predicted octanol–water partition coefficient (Wildman–Crippen LogP) is 10.1. The fourth-order valence-corrected chi connectivity index (χ4v) is 13.5. The second-order valence-electron chi connectivity index (χ2n) is 29.3. The first-order valence-electron chi connectivity index (χ1n) is 37.2. The zero-order valence-electron chi connectivity index (χ0n) is 63.0. The number of hydrogen-bond donors (Lipinski definition) is 8. The largest absolute Gasteiger partial charge is 0.488 e. The molecule has 1 saturated heterocycles. The summed E-state index contributed by atoms with van der Waals surface area (Å²) in [4.78, 5) is 175. The maximum Gasteiger partial charge on any atom is 0.243 e. The van der Waals surface area contributed by atoms with Crippen molar-refractivity contribution in [3.05, 3.63) is 245 Å². The SMILES string of the molecule is CC[C@H](C)[C@@H]1NC(=O)[C@H](Cc2ccc(OC(C)(C)C)cc2)NC(=O)CNC(=O)CC[C@@H](C(=O)CCC(=O)N[C@@H](CC(C)C)C(=O)CCC(C)=O)NC(=O)[C@H](CC(=O)NC(c2ccccc2)(c2ccccc2)c2ccccc2)CC(=O)[C@H](CCC(=O)NC(c2ccccc2)(c2ccccc2)c2ccccc2)NC1=O. The minimum Gasteiger partial charge on any atom is -0.488 e. The van der Waals surface area contributed by atoms with Crippen molar-refractivity contribution in [2.45, 2.75) is 186 Å². The van der Waals surface area contributed by atoms with Crippen molar-refractivity contribution in [2.24, 2.45) is 17.8 Å². The second kappa shape index (κ2) is 39.4. The van der Waals surface area contributed by atoms with Gasteiger partial charge in [0.05, 0.1) is 30.6 Å². The van der Waals surface area contributed by atoms with Gasteiger partial charge in [0.15, 0.2) is 17.3 Å². The number of ketones is 4. The molecule has 0 radical (unpaired) electrons. The van der Waals surface area contributed by atoms with Gasteiger partial charge in [0.2, 0.25) is 47.3 Å². The minimum absolute atomic E-state index is 0.0316. The van der Waals surface area contributed by atoms with Crippen molar-refractivity contribution in [3.8, 4) is 5.75 Å². The highest BCUT2D eigenvalue weighted by atomic mass is 16.5. The molecule has 21 heteroatoms. The Balaban J connectivity index is 1.23. The maximum atomic E-state index is 16.0. The Bertz CT molecular complexity index is 4020. The first-order chi connectivity index (χ1) is 51.7. The van der Waals surface area contributed by atoms with Gasteiger partial charge in [-0.2, -0.15) is 0 Å². The Labute approximate surface area is 633 Å². The summed E-state index contributed by atoms with van der Waals surface area (Å²) in [5.74, 6) is -10.3. The van der Waals surface area contributed by atoms with Crippen molar-refractivity contribution in [2.75, 3.05) is 6.54 Å². The summed E-state index contributed by atoms with van der Waals surface area (Å²) in [5.41, 5.74) is 1.25. The van der Waals surface area contributed by atoms with Crippen LogP contribution in [-0.2, 0) is 75.0 Å². The molecule has 0 saturated carbocycles. The van der Waals surface area contributed by atoms with Gasteiger partial charge in [-0.1, -0.05) is 228 Å². The van der Waals surface area contributed by atoms with E-state index in [-0.39, 0.29) is 43.2 Å². The summed E-state index contributed by atoms with van der Waals surface area (Å²) in [7, 11) is 0. The van der Waals surface area contributed by atoms with Gasteiger partial charge in [0, 0.05) is 57.8 Å². The monoisotopic (exact) mass is 1470 g/mol. The first-order valence-corrected chi connectivity index (χ1v) is 37.2. The molecule has 7 atom stereocenters. The Morgan fingerprint density at radius 3 is 1.44 bits per heavy atom. The summed E-state index contributed by atoms with van der Waals surface area (Å²) >= 11 is 0. The molecule has 108 heavy (non-hydrogen) atoms. The third-order valence-corrected chi connectivity index (χ3v) is 19.3. The van der Waals surface area contributed by atoms with Crippen LogP contribution in [0.5, 0.6) is 5.75 Å². The number of carbonyl (C=O) groups excluding carboxylic acids is 12. The van der Waals surface area contributed by atoms with Crippen LogP contribution in [0.3, 0.4) is 0 Å². The fourth-order valence-electron chi connectivity index (χ4n) is 13.5. The van der Waals surface area contributed by atoms with Crippen molar-refractivity contribution < 1.29 is 62.3 Å². The molecule has 7 aromatic rings. The van der Waals surface area contributed by atoms with E-state index >= 15 is 24.0 Å². The van der Waals surface area contributed by atoms with Gasteiger partial charge in [-0.25, -0.2) is 0 Å². The standard InChI is InChI=1S/C87H102N8O13/c1-9-58(4)81-84(107)92-70(46-50-78(102)94-86(62-28-16-10-17-29-62,63-30-18-11-19-31-63)64-32-20-12-21-33-64)75(99)54-61(55-79(103)95-87(65-34-22-13-23-35-65,66-36-24-14-25-37-66)67-38-26-15-27-39-67)82(105)91-69(73(97)48-51-77(101)89-71(52-57(2)3)74(98)47-40-59(5)96)45-49-76(100)88-56-80(104)90-72(83(106)93-81)53-60-41-43-68(44-42-60)108-85(6,7)8/h10-39,41-44,57-58,61,69-72,81H,9,40,45-56H2,1-8H3,(H,88,100)(H,89,101)(H,90,104)(H,91,105)(H,92,107)(H,93,106)(H,94,102)(H,95,103)/t58-,61-,69-,70-,71-,72-,81-/m0/s1. The second-order valence-corrected chi connectivity index (χ2v) is 29.3. The molecule has 8 amide bonds. The van der Waals surface area contributed by atoms with E-state index in [1.54, 1.807) is 38.1 Å². The molecule has 7 aromatic carbocycles. The average molecular weight is 1470 g/mol. The zero-order chi connectivity index (χ0) is 78.0. The van der Waals surface area contributed by atoms with E-state index in [2.05, 4.69) is 42.5 Å². The first kappa shape index (κ1) is 82.4. The van der Waals surface area contributed by atoms with Crippen LogP contribution in [0.4, 0.5) is 0 Å². The summed E-state index contributed by atoms with van der Waals surface area (Å²) in [6.45, 7) is 13.6. The number of amides is 8. The summed E-state index contributed by atoms with van der Waals surface area (Å²) < 4.78 is 6.05. The topological polar surface area (TPSA) is 310 Å². The van der Waals surface area contributed by atoms with Crippen molar-refractivity contribution in [3.63, 3.8) is 0 Å². The predicted molar refractivity (Wildman–Crippen MR) is 412 cm³/mol. The molecule has 0 bridgehead atoms. The molecular weight excluding hydrogens is 1360 g/mol. The molecular formula is C87H102N8O13. The van der Waals surface area contributed by atoms with Crippen LogP contribution >= 0.6 is 0 Å². The van der Waals surface area contributed by atoms with Gasteiger partial charge in [-0.05, 0) is 110 Å². The summed E-state index contributed by atoms with van der Waals surface area (Å²) in [5, 5.41) is 23.1. The molecule has 21 nitrogen and oxygen atoms in total. The quantitative estimate of drug-likeness (QED) is 0.0203.